The Balaban J connectivity index is 1.98. The lowest BCUT2D eigenvalue weighted by Crippen LogP contribution is -2.57. The Labute approximate surface area is 169 Å². The molecule has 1 aliphatic rings. The van der Waals surface area contributed by atoms with Crippen LogP contribution >= 0.6 is 15.6 Å². The molecular weight excluding hydrogens is 448 g/mol. The van der Waals surface area contributed by atoms with E-state index in [1.807, 2.05) is 0 Å². The van der Waals surface area contributed by atoms with Crippen molar-refractivity contribution in [2.24, 2.45) is 0 Å². The molecule has 2 aromatic rings. The van der Waals surface area contributed by atoms with Gasteiger partial charge in [0, 0.05) is 0 Å². The molecule has 0 saturated carbocycles. The maximum Gasteiger partial charge on any atom is 0.470 e. The van der Waals surface area contributed by atoms with Gasteiger partial charge in [0.1, 0.15) is 35.3 Å². The number of imidazole rings is 1. The molecule has 1 aliphatic heterocycles. The summed E-state index contributed by atoms with van der Waals surface area (Å²) in [5.41, 5.74) is 2.16. The van der Waals surface area contributed by atoms with Gasteiger partial charge in [0.05, 0.1) is 19.5 Å². The van der Waals surface area contributed by atoms with Crippen LogP contribution in [0, 0.1) is 0 Å². The number of phosphoric ester groups is 2. The van der Waals surface area contributed by atoms with Crippen molar-refractivity contribution < 1.29 is 47.6 Å². The number of hydrogen-bond acceptors (Lipinski definition) is 10. The fraction of sp³-hybridized carbons (Fsp3) is 0.615. The molecule has 17 heteroatoms. The van der Waals surface area contributed by atoms with E-state index in [9.17, 15) is 24.0 Å². The summed E-state index contributed by atoms with van der Waals surface area (Å²) < 4.78 is 39.1. The van der Waals surface area contributed by atoms with Crippen molar-refractivity contribution in [2.45, 2.75) is 43.8 Å². The molecule has 30 heavy (non-hydrogen) atoms. The monoisotopic (exact) mass is 469 g/mol. The number of hydrogen-bond donors (Lipinski definition) is 6. The van der Waals surface area contributed by atoms with E-state index in [4.69, 9.17) is 24.8 Å². The fourth-order valence-electron chi connectivity index (χ4n) is 3.30. The minimum Gasteiger partial charge on any atom is -0.384 e. The van der Waals surface area contributed by atoms with E-state index in [1.165, 1.54) is 24.1 Å². The number of aromatic nitrogens is 4. The lowest BCUT2D eigenvalue weighted by atomic mass is 9.81. The number of nitrogen functional groups attached to an aromatic ring is 1. The second kappa shape index (κ2) is 7.57. The average Bonchev–Trinajstić information content (AvgIpc) is 3.05. The van der Waals surface area contributed by atoms with Crippen molar-refractivity contribution in [3.63, 3.8) is 0 Å². The molecule has 3 rings (SSSR count). The Bertz CT molecular complexity index is 1030. The molecule has 3 heterocycles. The number of phosphoric acid groups is 2. The van der Waals surface area contributed by atoms with Gasteiger partial charge in [-0.15, -0.1) is 0 Å². The van der Waals surface area contributed by atoms with E-state index in [-0.39, 0.29) is 17.9 Å². The molecule has 0 amide bonds. The van der Waals surface area contributed by atoms with Gasteiger partial charge >= 0.3 is 15.6 Å². The molecule has 0 aromatic carbocycles. The summed E-state index contributed by atoms with van der Waals surface area (Å²) in [5.74, 6) is 0.111. The molecule has 1 fully saturated rings. The van der Waals surface area contributed by atoms with Gasteiger partial charge in [-0.05, 0) is 13.8 Å². The molecule has 4 atom stereocenters. The average molecular weight is 469 g/mol. The van der Waals surface area contributed by atoms with Crippen molar-refractivity contribution >= 4 is 32.6 Å². The van der Waals surface area contributed by atoms with Crippen molar-refractivity contribution in [2.75, 3.05) is 12.3 Å². The van der Waals surface area contributed by atoms with Gasteiger partial charge in [-0.3, -0.25) is 9.05 Å². The first-order valence-corrected chi connectivity index (χ1v) is 11.5. The maximum atomic E-state index is 11.6. The number of rotatable bonds is 7. The highest BCUT2D eigenvalue weighted by molar-refractivity contribution is 7.46. The SMILES string of the molecule is CC1(OP(=O)(O)O)[C@H](Cn2cnc3c(N)ncnc32)O[C@H](COP(=O)(O)O)[C@]1(C)O. The molecule has 7 N–H and O–H groups in total. The Hall–Kier alpha value is -1.51. The van der Waals surface area contributed by atoms with Gasteiger partial charge in [-0.1, -0.05) is 0 Å². The third-order valence-corrected chi connectivity index (χ3v) is 6.17. The fourth-order valence-corrected chi connectivity index (χ4v) is 4.43. The molecular formula is C13H21N5O10P2. The van der Waals surface area contributed by atoms with Crippen molar-refractivity contribution in [3.05, 3.63) is 12.7 Å². The first-order chi connectivity index (χ1) is 13.6. The third-order valence-electron chi connectivity index (χ3n) is 5.07. The third kappa shape index (κ3) is 4.41. The van der Waals surface area contributed by atoms with Crippen LogP contribution in [0.4, 0.5) is 5.82 Å². The zero-order valence-corrected chi connectivity index (χ0v) is 17.6. The van der Waals surface area contributed by atoms with Crippen LogP contribution in [0.2, 0.25) is 0 Å². The minimum atomic E-state index is -5.13. The molecule has 168 valence electrons. The Kier molecular flexibility index (Phi) is 5.84. The lowest BCUT2D eigenvalue weighted by Gasteiger charge is -2.39. The van der Waals surface area contributed by atoms with E-state index >= 15 is 0 Å². The summed E-state index contributed by atoms with van der Waals surface area (Å²) in [7, 11) is -10.0. The first kappa shape index (κ1) is 23.2. The highest BCUT2D eigenvalue weighted by atomic mass is 31.2. The molecule has 0 aliphatic carbocycles. The number of anilines is 1. The Morgan fingerprint density at radius 3 is 2.43 bits per heavy atom. The number of aliphatic hydroxyl groups is 1. The van der Waals surface area contributed by atoms with Gasteiger partial charge in [0.15, 0.2) is 11.5 Å². The van der Waals surface area contributed by atoms with E-state index < -0.39 is 45.7 Å². The van der Waals surface area contributed by atoms with Crippen molar-refractivity contribution in [1.29, 1.82) is 0 Å². The highest BCUT2D eigenvalue weighted by Crippen LogP contribution is 2.53. The molecule has 2 aromatic heterocycles. The van der Waals surface area contributed by atoms with Gasteiger partial charge in [0.25, 0.3) is 0 Å². The Morgan fingerprint density at radius 2 is 1.83 bits per heavy atom. The summed E-state index contributed by atoms with van der Waals surface area (Å²) in [4.78, 5) is 48.6. The van der Waals surface area contributed by atoms with Gasteiger partial charge < -0.3 is 39.7 Å². The van der Waals surface area contributed by atoms with Crippen LogP contribution in [0.3, 0.4) is 0 Å². The number of nitrogens with zero attached hydrogens (tertiary/aromatic N) is 4. The van der Waals surface area contributed by atoms with Gasteiger partial charge in [0.2, 0.25) is 0 Å². The van der Waals surface area contributed by atoms with Crippen molar-refractivity contribution in [3.8, 4) is 0 Å². The van der Waals surface area contributed by atoms with Crippen LogP contribution in [0.5, 0.6) is 0 Å². The lowest BCUT2D eigenvalue weighted by molar-refractivity contribution is -0.120. The van der Waals surface area contributed by atoms with Gasteiger partial charge in [-0.25, -0.2) is 24.1 Å². The largest absolute Gasteiger partial charge is 0.470 e. The van der Waals surface area contributed by atoms with E-state index in [2.05, 4.69) is 19.5 Å². The molecule has 0 radical (unpaired) electrons. The molecule has 1 unspecified atom stereocenters. The number of ether oxygens (including phenoxy) is 1. The highest BCUT2D eigenvalue weighted by Gasteiger charge is 2.64. The van der Waals surface area contributed by atoms with E-state index in [1.54, 1.807) is 0 Å². The summed E-state index contributed by atoms with van der Waals surface area (Å²) in [6.45, 7) is 1.43. The summed E-state index contributed by atoms with van der Waals surface area (Å²) >= 11 is 0. The number of nitrogens with two attached hydrogens (primary N) is 1. The summed E-state index contributed by atoms with van der Waals surface area (Å²) in [6.07, 6.45) is -0.0884. The van der Waals surface area contributed by atoms with Crippen LogP contribution in [0.25, 0.3) is 11.2 Å². The first-order valence-electron chi connectivity index (χ1n) is 8.39. The second-order valence-electron chi connectivity index (χ2n) is 7.06. The summed E-state index contributed by atoms with van der Waals surface area (Å²) in [5, 5.41) is 11.0. The van der Waals surface area contributed by atoms with E-state index in [0.717, 1.165) is 6.92 Å². The maximum absolute atomic E-state index is 11.6. The molecule has 0 spiro atoms. The number of fused-ring (bicyclic) bond motifs is 1. The predicted octanol–water partition coefficient (Wildman–Crippen LogP) is -1.10. The molecule has 15 nitrogen and oxygen atoms in total. The quantitative estimate of drug-likeness (QED) is 0.264. The molecule has 1 saturated heterocycles. The van der Waals surface area contributed by atoms with Crippen LogP contribution in [0.1, 0.15) is 13.8 Å². The topological polar surface area (TPSA) is 233 Å². The standard InChI is InChI=1S/C13H21N5O10P2/c1-12(19)8(4-26-29(20,21)22)27-7(13(12,2)28-30(23,24)25)3-18-6-17-9-10(14)15-5-16-11(9)18/h5-8,19H,3-4H2,1-2H3,(H2,14,15,16)(H2,20,21,22)(H2,23,24,25)/t7-,8+,12-,13?/m0/s1. The minimum absolute atomic E-state index is 0.111. The van der Waals surface area contributed by atoms with Crippen LogP contribution in [-0.4, -0.2) is 74.2 Å². The smallest absolute Gasteiger partial charge is 0.384 e. The van der Waals surface area contributed by atoms with Crippen LogP contribution in [-0.2, 0) is 29.5 Å². The van der Waals surface area contributed by atoms with E-state index in [0.29, 0.717) is 5.65 Å². The normalized spacial score (nSPS) is 30.2. The van der Waals surface area contributed by atoms with Crippen LogP contribution in [0.15, 0.2) is 12.7 Å². The predicted molar refractivity (Wildman–Crippen MR) is 98.6 cm³/mol. The molecule has 0 bridgehead atoms. The Morgan fingerprint density at radius 1 is 1.17 bits per heavy atom. The summed E-state index contributed by atoms with van der Waals surface area (Å²) in [6, 6.07) is 0. The second-order valence-corrected chi connectivity index (χ2v) is 9.47. The zero-order chi connectivity index (χ0) is 22.5. The van der Waals surface area contributed by atoms with Crippen LogP contribution < -0.4 is 5.73 Å². The van der Waals surface area contributed by atoms with Crippen molar-refractivity contribution in [1.82, 2.24) is 19.5 Å². The zero-order valence-electron chi connectivity index (χ0n) is 15.8. The van der Waals surface area contributed by atoms with Gasteiger partial charge in [-0.2, -0.15) is 0 Å².